The number of methoxy groups -OCH3 is 1. The second-order valence-electron chi connectivity index (χ2n) is 7.24. The number of para-hydroxylation sites is 2. The lowest BCUT2D eigenvalue weighted by atomic mass is 9.75. The first-order chi connectivity index (χ1) is 13.5. The van der Waals surface area contributed by atoms with Crippen molar-refractivity contribution in [3.05, 3.63) is 71.2 Å². The van der Waals surface area contributed by atoms with Gasteiger partial charge < -0.3 is 15.4 Å². The van der Waals surface area contributed by atoms with Gasteiger partial charge in [-0.15, -0.1) is 0 Å². The Labute approximate surface area is 162 Å². The lowest BCUT2D eigenvalue weighted by Gasteiger charge is -2.32. The minimum atomic E-state index is -0.871. The summed E-state index contributed by atoms with van der Waals surface area (Å²) < 4.78 is 18.8. The van der Waals surface area contributed by atoms with Crippen LogP contribution in [0, 0.1) is 17.7 Å². The van der Waals surface area contributed by atoms with Crippen molar-refractivity contribution in [3.8, 4) is 0 Å². The number of Topliss-reactive ketones (excluding diaryl/α,β-unsaturated/α-hetero) is 1. The highest BCUT2D eigenvalue weighted by Crippen LogP contribution is 2.43. The van der Waals surface area contributed by atoms with Crippen LogP contribution in [-0.4, -0.2) is 18.9 Å². The van der Waals surface area contributed by atoms with Crippen LogP contribution in [-0.2, 0) is 14.3 Å². The summed E-state index contributed by atoms with van der Waals surface area (Å²) in [7, 11) is 1.29. The number of esters is 1. The first-order valence-corrected chi connectivity index (χ1v) is 9.22. The van der Waals surface area contributed by atoms with Gasteiger partial charge in [0.05, 0.1) is 24.5 Å². The van der Waals surface area contributed by atoms with Gasteiger partial charge in [0.15, 0.2) is 5.78 Å². The number of carbonyl (C=O) groups excluding carboxylic acids is 2. The Hall–Kier alpha value is -3.15. The third kappa shape index (κ3) is 3.05. The highest BCUT2D eigenvalue weighted by molar-refractivity contribution is 6.11. The molecular weight excluding hydrogens is 359 g/mol. The van der Waals surface area contributed by atoms with E-state index >= 15 is 0 Å². The van der Waals surface area contributed by atoms with Crippen molar-refractivity contribution >= 4 is 23.1 Å². The molecule has 0 saturated carbocycles. The van der Waals surface area contributed by atoms with Gasteiger partial charge in [-0.3, -0.25) is 9.59 Å². The molecule has 1 heterocycles. The molecule has 2 aromatic carbocycles. The van der Waals surface area contributed by atoms with Crippen LogP contribution in [0.1, 0.15) is 24.9 Å². The Morgan fingerprint density at radius 2 is 1.89 bits per heavy atom. The molecule has 5 nitrogen and oxygen atoms in total. The van der Waals surface area contributed by atoms with Crippen molar-refractivity contribution in [2.24, 2.45) is 11.8 Å². The van der Waals surface area contributed by atoms with Crippen LogP contribution >= 0.6 is 0 Å². The number of halogens is 1. The summed E-state index contributed by atoms with van der Waals surface area (Å²) in [4.78, 5) is 25.7. The van der Waals surface area contributed by atoms with Crippen LogP contribution in [0.4, 0.5) is 15.8 Å². The molecule has 1 aliphatic carbocycles. The van der Waals surface area contributed by atoms with Gasteiger partial charge in [-0.1, -0.05) is 31.2 Å². The van der Waals surface area contributed by atoms with Crippen LogP contribution in [0.5, 0.6) is 0 Å². The van der Waals surface area contributed by atoms with Crippen LogP contribution in [0.15, 0.2) is 59.8 Å². The molecule has 0 saturated heterocycles. The largest absolute Gasteiger partial charge is 0.468 e. The summed E-state index contributed by atoms with van der Waals surface area (Å²) in [6.07, 6.45) is 0.517. The molecule has 0 bridgehead atoms. The van der Waals surface area contributed by atoms with E-state index in [1.807, 2.05) is 31.2 Å². The number of hydrogen-bond donors (Lipinski definition) is 2. The highest BCUT2D eigenvalue weighted by atomic mass is 19.1. The molecule has 28 heavy (non-hydrogen) atoms. The smallest absolute Gasteiger partial charge is 0.316 e. The van der Waals surface area contributed by atoms with E-state index in [2.05, 4.69) is 10.6 Å². The molecule has 0 aromatic heterocycles. The van der Waals surface area contributed by atoms with Crippen molar-refractivity contribution in [1.29, 1.82) is 0 Å². The van der Waals surface area contributed by atoms with E-state index in [4.69, 9.17) is 4.74 Å². The summed E-state index contributed by atoms with van der Waals surface area (Å²) >= 11 is 0. The first-order valence-electron chi connectivity index (χ1n) is 9.22. The number of fused-ring (bicyclic) bond motifs is 1. The number of ketones is 1. The van der Waals surface area contributed by atoms with E-state index in [0.29, 0.717) is 17.6 Å². The zero-order chi connectivity index (χ0) is 19.8. The van der Waals surface area contributed by atoms with E-state index in [0.717, 1.165) is 17.1 Å². The van der Waals surface area contributed by atoms with Gasteiger partial charge in [-0.05, 0) is 42.2 Å². The minimum Gasteiger partial charge on any atom is -0.468 e. The number of benzene rings is 2. The van der Waals surface area contributed by atoms with Crippen LogP contribution in [0.3, 0.4) is 0 Å². The monoisotopic (exact) mass is 380 g/mol. The van der Waals surface area contributed by atoms with E-state index in [1.165, 1.54) is 19.2 Å². The van der Waals surface area contributed by atoms with Gasteiger partial charge in [0, 0.05) is 11.3 Å². The zero-order valence-electron chi connectivity index (χ0n) is 15.7. The molecule has 2 N–H and O–H groups in total. The highest BCUT2D eigenvalue weighted by Gasteiger charge is 2.44. The molecule has 1 aliphatic heterocycles. The van der Waals surface area contributed by atoms with Crippen molar-refractivity contribution in [1.82, 2.24) is 0 Å². The molecule has 0 amide bonds. The van der Waals surface area contributed by atoms with Gasteiger partial charge in [-0.25, -0.2) is 4.39 Å². The van der Waals surface area contributed by atoms with Crippen LogP contribution in [0.25, 0.3) is 0 Å². The van der Waals surface area contributed by atoms with E-state index in [9.17, 15) is 14.0 Å². The molecule has 2 aromatic rings. The Morgan fingerprint density at radius 3 is 2.61 bits per heavy atom. The van der Waals surface area contributed by atoms with Crippen molar-refractivity contribution in [3.63, 3.8) is 0 Å². The molecule has 0 spiro atoms. The average molecular weight is 380 g/mol. The zero-order valence-corrected chi connectivity index (χ0v) is 15.7. The molecule has 0 radical (unpaired) electrons. The number of allylic oxidation sites excluding steroid dienone is 1. The first kappa shape index (κ1) is 18.2. The van der Waals surface area contributed by atoms with E-state index in [1.54, 1.807) is 12.1 Å². The van der Waals surface area contributed by atoms with E-state index in [-0.39, 0.29) is 17.5 Å². The predicted molar refractivity (Wildman–Crippen MR) is 104 cm³/mol. The number of hydrogen-bond acceptors (Lipinski definition) is 5. The summed E-state index contributed by atoms with van der Waals surface area (Å²) in [5.41, 5.74) is 3.48. The maximum atomic E-state index is 13.9. The number of nitrogens with one attached hydrogen (secondary N) is 2. The van der Waals surface area contributed by atoms with Crippen LogP contribution < -0.4 is 10.6 Å². The second kappa shape index (κ2) is 7.11. The predicted octanol–water partition coefficient (Wildman–Crippen LogP) is 4.06. The summed E-state index contributed by atoms with van der Waals surface area (Å²) in [5.74, 6) is -2.28. The topological polar surface area (TPSA) is 67.4 Å². The fraction of sp³-hybridized carbons (Fsp3) is 0.273. The fourth-order valence-electron chi connectivity index (χ4n) is 4.07. The van der Waals surface area contributed by atoms with Gasteiger partial charge in [0.2, 0.25) is 0 Å². The lowest BCUT2D eigenvalue weighted by Crippen LogP contribution is -2.39. The number of anilines is 2. The molecule has 0 fully saturated rings. The third-order valence-corrected chi connectivity index (χ3v) is 5.41. The maximum absolute atomic E-state index is 13.9. The van der Waals surface area contributed by atoms with Gasteiger partial charge >= 0.3 is 5.97 Å². The van der Waals surface area contributed by atoms with Crippen molar-refractivity contribution < 1.29 is 18.7 Å². The Morgan fingerprint density at radius 1 is 1.14 bits per heavy atom. The Balaban J connectivity index is 1.88. The molecular formula is C22H21FN2O3. The molecule has 4 rings (SSSR count). The fourth-order valence-corrected chi connectivity index (χ4v) is 4.07. The van der Waals surface area contributed by atoms with Gasteiger partial charge in [-0.2, -0.15) is 0 Å². The molecule has 3 atom stereocenters. The summed E-state index contributed by atoms with van der Waals surface area (Å²) in [6, 6.07) is 13.2. The average Bonchev–Trinajstić information content (AvgIpc) is 2.84. The van der Waals surface area contributed by atoms with Gasteiger partial charge in [0.1, 0.15) is 11.7 Å². The number of rotatable bonds is 2. The quantitative estimate of drug-likeness (QED) is 0.608. The van der Waals surface area contributed by atoms with Crippen LogP contribution in [0.2, 0.25) is 0 Å². The second-order valence-corrected chi connectivity index (χ2v) is 7.24. The molecule has 0 unspecified atom stereocenters. The minimum absolute atomic E-state index is 0.204. The standard InChI is InChI=1S/C22H21FN2O3/c1-12-10-17-19(21(26)18(12)22(27)28-2)20(13-6-5-7-14(23)11-13)25-16-9-4-3-8-15(16)24-17/h3-9,11-12,18,20,24-25H,10H2,1-2H3/t12-,18-,20-/m0/s1. The normalized spacial score (nSPS) is 23.7. The lowest BCUT2D eigenvalue weighted by molar-refractivity contribution is -0.151. The number of ether oxygens (including phenoxy) is 1. The Kier molecular flexibility index (Phi) is 4.63. The van der Waals surface area contributed by atoms with Gasteiger partial charge in [0.25, 0.3) is 0 Å². The summed E-state index contributed by atoms with van der Waals surface area (Å²) in [6.45, 7) is 1.87. The SMILES string of the molecule is COC(=O)[C@@H]1C(=O)C2=C(C[C@@H]1C)Nc1ccccc1N[C@H]2c1cccc(F)c1. The third-order valence-electron chi connectivity index (χ3n) is 5.41. The molecule has 2 aliphatic rings. The van der Waals surface area contributed by atoms with Crippen molar-refractivity contribution in [2.75, 3.05) is 17.7 Å². The maximum Gasteiger partial charge on any atom is 0.316 e. The number of carbonyl (C=O) groups is 2. The van der Waals surface area contributed by atoms with E-state index < -0.39 is 17.9 Å². The molecule has 144 valence electrons. The molecule has 6 heteroatoms. The summed E-state index contributed by atoms with van der Waals surface area (Å²) in [5, 5.41) is 6.73. The Bertz CT molecular complexity index is 985. The van der Waals surface area contributed by atoms with Crippen molar-refractivity contribution in [2.45, 2.75) is 19.4 Å².